The van der Waals surface area contributed by atoms with E-state index in [9.17, 15) is 4.79 Å². The van der Waals surface area contributed by atoms with Gasteiger partial charge in [0.05, 0.1) is 42.8 Å². The number of quaternary nitrogens is 1. The molecule has 116 valence electrons. The van der Waals surface area contributed by atoms with Crippen molar-refractivity contribution in [1.29, 1.82) is 0 Å². The molecular formula is C12H27NO5S. The van der Waals surface area contributed by atoms with Crippen LogP contribution in [0.25, 0.3) is 0 Å². The quantitative estimate of drug-likeness (QED) is 0.412. The number of ether oxygens (including phenoxy) is 1. The maximum absolute atomic E-state index is 11.5. The Morgan fingerprint density at radius 3 is 2.05 bits per heavy atom. The van der Waals surface area contributed by atoms with Crippen LogP contribution in [0.4, 0.5) is 0 Å². The SMILES string of the molecule is CCC(C)(C)C(=O)OCCC[NH+](C)C.CS(=O)(=O)[O-]. The Morgan fingerprint density at radius 1 is 1.32 bits per heavy atom. The molecule has 0 amide bonds. The normalized spacial score (nSPS) is 11.8. The Labute approximate surface area is 116 Å². The standard InChI is InChI=1S/C11H23NO2.CH4O3S/c1-6-11(2,3)10(13)14-9-7-8-12(4)5;1-5(2,3)4/h6-9H2,1-5H3;1H3,(H,2,3,4). The molecule has 0 saturated carbocycles. The molecule has 0 aromatic heterocycles. The molecule has 0 rings (SSSR count). The maximum Gasteiger partial charge on any atom is 0.311 e. The molecule has 0 aliphatic heterocycles. The van der Waals surface area contributed by atoms with Gasteiger partial charge < -0.3 is 14.2 Å². The molecule has 0 aromatic rings. The van der Waals surface area contributed by atoms with Crippen molar-refractivity contribution < 1.29 is 27.4 Å². The third-order valence-corrected chi connectivity index (χ3v) is 2.49. The highest BCUT2D eigenvalue weighted by Crippen LogP contribution is 2.21. The molecule has 0 aliphatic rings. The minimum absolute atomic E-state index is 0.0752. The molecule has 0 saturated heterocycles. The highest BCUT2D eigenvalue weighted by molar-refractivity contribution is 7.84. The van der Waals surface area contributed by atoms with Crippen LogP contribution in [0.5, 0.6) is 0 Å². The van der Waals surface area contributed by atoms with Gasteiger partial charge in [0.15, 0.2) is 0 Å². The number of hydrogen-bond acceptors (Lipinski definition) is 5. The number of rotatable bonds is 6. The summed E-state index contributed by atoms with van der Waals surface area (Å²) in [5.74, 6) is -0.0752. The molecular weight excluding hydrogens is 270 g/mol. The second-order valence-electron chi connectivity index (χ2n) is 5.39. The number of nitrogens with one attached hydrogen (secondary N) is 1. The van der Waals surface area contributed by atoms with E-state index in [-0.39, 0.29) is 11.4 Å². The van der Waals surface area contributed by atoms with E-state index in [1.54, 1.807) is 0 Å². The van der Waals surface area contributed by atoms with Crippen molar-refractivity contribution >= 4 is 16.1 Å². The molecule has 0 fully saturated rings. The van der Waals surface area contributed by atoms with Crippen LogP contribution in [0, 0.1) is 5.41 Å². The lowest BCUT2D eigenvalue weighted by Gasteiger charge is -2.20. The van der Waals surface area contributed by atoms with Gasteiger partial charge in [0.2, 0.25) is 0 Å². The van der Waals surface area contributed by atoms with Crippen molar-refractivity contribution in [3.05, 3.63) is 0 Å². The van der Waals surface area contributed by atoms with Crippen molar-refractivity contribution in [1.82, 2.24) is 0 Å². The lowest BCUT2D eigenvalue weighted by Crippen LogP contribution is -3.05. The van der Waals surface area contributed by atoms with Crippen LogP contribution in [0.2, 0.25) is 0 Å². The molecule has 0 spiro atoms. The zero-order chi connectivity index (χ0) is 15.7. The van der Waals surface area contributed by atoms with E-state index in [0.29, 0.717) is 12.9 Å². The fourth-order valence-electron chi connectivity index (χ4n) is 0.930. The molecule has 0 atom stereocenters. The summed E-state index contributed by atoms with van der Waals surface area (Å²) in [6, 6.07) is 0. The van der Waals surface area contributed by atoms with Gasteiger partial charge in [-0.15, -0.1) is 0 Å². The zero-order valence-electron chi connectivity index (χ0n) is 12.8. The molecule has 6 nitrogen and oxygen atoms in total. The fourth-order valence-corrected chi connectivity index (χ4v) is 0.930. The third-order valence-electron chi connectivity index (χ3n) is 2.49. The molecule has 19 heavy (non-hydrogen) atoms. The van der Waals surface area contributed by atoms with Gasteiger partial charge in [-0.05, 0) is 20.3 Å². The minimum Gasteiger partial charge on any atom is -0.748 e. The number of hydrogen-bond donors (Lipinski definition) is 1. The fraction of sp³-hybridized carbons (Fsp3) is 0.917. The van der Waals surface area contributed by atoms with E-state index in [4.69, 9.17) is 17.7 Å². The van der Waals surface area contributed by atoms with Gasteiger partial charge in [0.1, 0.15) is 0 Å². The Kier molecular flexibility index (Phi) is 10.1. The molecule has 0 bridgehead atoms. The van der Waals surface area contributed by atoms with Crippen molar-refractivity contribution in [2.45, 2.75) is 33.6 Å². The summed E-state index contributed by atoms with van der Waals surface area (Å²) in [6.07, 6.45) is 2.37. The maximum atomic E-state index is 11.5. The second-order valence-corrected chi connectivity index (χ2v) is 6.80. The van der Waals surface area contributed by atoms with Gasteiger partial charge in [0.25, 0.3) is 0 Å². The Morgan fingerprint density at radius 2 is 1.74 bits per heavy atom. The van der Waals surface area contributed by atoms with Crippen molar-refractivity contribution in [2.75, 3.05) is 33.5 Å². The van der Waals surface area contributed by atoms with Gasteiger partial charge in [0, 0.05) is 12.7 Å². The van der Waals surface area contributed by atoms with Gasteiger partial charge >= 0.3 is 5.97 Å². The first kappa shape index (κ1) is 20.7. The van der Waals surface area contributed by atoms with Crippen LogP contribution in [-0.2, 0) is 19.6 Å². The summed E-state index contributed by atoms with van der Waals surface area (Å²) < 4.78 is 32.4. The highest BCUT2D eigenvalue weighted by Gasteiger charge is 2.26. The second kappa shape index (κ2) is 9.28. The Hall–Kier alpha value is -0.660. The average Bonchev–Trinajstić information content (AvgIpc) is 2.21. The number of carbonyl (C=O) groups is 1. The van der Waals surface area contributed by atoms with Gasteiger partial charge in [-0.3, -0.25) is 4.79 Å². The first-order valence-corrected chi connectivity index (χ1v) is 8.09. The summed E-state index contributed by atoms with van der Waals surface area (Å²) >= 11 is 0. The van der Waals surface area contributed by atoms with E-state index in [1.165, 1.54) is 4.90 Å². The van der Waals surface area contributed by atoms with Gasteiger partial charge in [-0.25, -0.2) is 8.42 Å². The number of esters is 1. The summed E-state index contributed by atoms with van der Waals surface area (Å²) in [5.41, 5.74) is -0.328. The third kappa shape index (κ3) is 17.3. The number of carbonyl (C=O) groups excluding carboxylic acids is 1. The van der Waals surface area contributed by atoms with E-state index in [0.717, 1.165) is 19.4 Å². The van der Waals surface area contributed by atoms with Crippen molar-refractivity contribution in [3.8, 4) is 0 Å². The Bertz CT molecular complexity index is 341. The van der Waals surface area contributed by atoms with Crippen LogP contribution >= 0.6 is 0 Å². The van der Waals surface area contributed by atoms with Gasteiger partial charge in [-0.2, -0.15) is 0 Å². The predicted molar refractivity (Wildman–Crippen MR) is 72.9 cm³/mol. The largest absolute Gasteiger partial charge is 0.748 e. The van der Waals surface area contributed by atoms with Gasteiger partial charge in [-0.1, -0.05) is 6.92 Å². The van der Waals surface area contributed by atoms with E-state index in [1.807, 2.05) is 20.8 Å². The first-order chi connectivity index (χ1) is 8.40. The summed E-state index contributed by atoms with van der Waals surface area (Å²) in [6.45, 7) is 7.44. The molecule has 7 heteroatoms. The summed E-state index contributed by atoms with van der Waals surface area (Å²) in [7, 11) is 0.273. The predicted octanol–water partition coefficient (Wildman–Crippen LogP) is -0.338. The molecule has 1 N–H and O–H groups in total. The van der Waals surface area contributed by atoms with E-state index < -0.39 is 10.1 Å². The molecule has 0 unspecified atom stereocenters. The van der Waals surface area contributed by atoms with Crippen molar-refractivity contribution in [3.63, 3.8) is 0 Å². The summed E-state index contributed by atoms with van der Waals surface area (Å²) in [5, 5.41) is 0. The highest BCUT2D eigenvalue weighted by atomic mass is 32.2. The first-order valence-electron chi connectivity index (χ1n) is 6.27. The molecule has 0 aromatic carbocycles. The van der Waals surface area contributed by atoms with Crippen LogP contribution in [0.1, 0.15) is 33.6 Å². The lowest BCUT2D eigenvalue weighted by molar-refractivity contribution is -0.858. The van der Waals surface area contributed by atoms with E-state index in [2.05, 4.69) is 14.1 Å². The van der Waals surface area contributed by atoms with Crippen LogP contribution in [0.3, 0.4) is 0 Å². The average molecular weight is 297 g/mol. The summed E-state index contributed by atoms with van der Waals surface area (Å²) in [4.78, 5) is 12.9. The molecule has 0 heterocycles. The topological polar surface area (TPSA) is 87.9 Å². The van der Waals surface area contributed by atoms with Crippen LogP contribution in [0.15, 0.2) is 0 Å². The Balaban J connectivity index is 0. The molecule has 0 aliphatic carbocycles. The lowest BCUT2D eigenvalue weighted by atomic mass is 9.91. The monoisotopic (exact) mass is 297 g/mol. The smallest absolute Gasteiger partial charge is 0.311 e. The molecule has 0 radical (unpaired) electrons. The van der Waals surface area contributed by atoms with E-state index >= 15 is 0 Å². The minimum atomic E-state index is -3.92. The van der Waals surface area contributed by atoms with Crippen LogP contribution in [-0.4, -0.2) is 52.4 Å². The van der Waals surface area contributed by atoms with Crippen molar-refractivity contribution in [2.24, 2.45) is 5.41 Å². The van der Waals surface area contributed by atoms with Crippen LogP contribution < -0.4 is 4.90 Å². The zero-order valence-corrected chi connectivity index (χ0v) is 13.6.